The van der Waals surface area contributed by atoms with Gasteiger partial charge in [-0.05, 0) is 31.3 Å². The molecule has 0 aromatic heterocycles. The lowest BCUT2D eigenvalue weighted by Gasteiger charge is -2.09. The fraction of sp³-hybridized carbons (Fsp3) is 0.400. The molecule has 0 amide bonds. The minimum Gasteiger partial charge on any atom is -0.305 e. The maximum Gasteiger partial charge on any atom is 0.0378 e. The maximum atomic E-state index is 8.24. The minimum atomic E-state index is 0. The lowest BCUT2D eigenvalue weighted by molar-refractivity contribution is 0.402. The smallest absolute Gasteiger partial charge is 0.0378 e. The zero-order valence-corrected chi connectivity index (χ0v) is 7.81. The van der Waals surface area contributed by atoms with Crippen LogP contribution in [0.1, 0.15) is 13.0 Å². The molecule has 0 fully saturated rings. The summed E-state index contributed by atoms with van der Waals surface area (Å²) in [5.41, 5.74) is 10.1. The Morgan fingerprint density at radius 2 is 2.14 bits per heavy atom. The highest BCUT2D eigenvalue weighted by atomic mass is 15.1. The van der Waals surface area contributed by atoms with Crippen LogP contribution in [0.3, 0.4) is 0 Å². The Bertz CT molecular complexity index is 327. The van der Waals surface area contributed by atoms with Gasteiger partial charge in [-0.25, -0.2) is 0 Å². The first-order valence-electron chi connectivity index (χ1n) is 4.01. The third kappa shape index (κ3) is 3.94. The Hall–Kier alpha value is -1.51. The van der Waals surface area contributed by atoms with Gasteiger partial charge in [-0.3, -0.25) is 0 Å². The first-order chi connectivity index (χ1) is 6.22. The highest BCUT2D eigenvalue weighted by molar-refractivity contribution is 5.39. The van der Waals surface area contributed by atoms with Gasteiger partial charge in [0.15, 0.2) is 0 Å². The molecule has 14 heavy (non-hydrogen) atoms. The van der Waals surface area contributed by atoms with E-state index in [2.05, 4.69) is 14.9 Å². The Morgan fingerprint density at radius 3 is 2.71 bits per heavy atom. The lowest BCUT2D eigenvalue weighted by atomic mass is 10.2. The van der Waals surface area contributed by atoms with Crippen molar-refractivity contribution in [3.8, 4) is 0 Å². The van der Waals surface area contributed by atoms with Crippen molar-refractivity contribution in [1.29, 1.82) is 0 Å². The number of hydrogen-bond donors (Lipinski definition) is 0. The van der Waals surface area contributed by atoms with E-state index in [1.807, 2.05) is 32.3 Å². The van der Waals surface area contributed by atoms with E-state index >= 15 is 0 Å². The van der Waals surface area contributed by atoms with E-state index in [9.17, 15) is 0 Å². The van der Waals surface area contributed by atoms with Gasteiger partial charge in [0.25, 0.3) is 0 Å². The van der Waals surface area contributed by atoms with Crippen molar-refractivity contribution in [3.05, 3.63) is 40.3 Å². The molecule has 0 saturated heterocycles. The molecular weight excluding hydrogens is 176 g/mol. The van der Waals surface area contributed by atoms with E-state index in [1.54, 1.807) is 6.07 Å². The van der Waals surface area contributed by atoms with Gasteiger partial charge < -0.3 is 4.90 Å². The monoisotopic (exact) mass is 192 g/mol. The predicted octanol–water partition coefficient (Wildman–Crippen LogP) is 3.33. The second-order valence-corrected chi connectivity index (χ2v) is 3.10. The van der Waals surface area contributed by atoms with Crippen LogP contribution < -0.4 is 0 Å². The molecule has 0 spiro atoms. The topological polar surface area (TPSA) is 52.0 Å². The molecule has 1 aromatic carbocycles. The van der Waals surface area contributed by atoms with E-state index in [0.29, 0.717) is 5.69 Å². The summed E-state index contributed by atoms with van der Waals surface area (Å²) >= 11 is 0. The molecule has 0 atom stereocenters. The normalized spacial score (nSPS) is 9.07. The van der Waals surface area contributed by atoms with Crippen molar-refractivity contribution in [2.24, 2.45) is 5.11 Å². The average molecular weight is 192 g/mol. The van der Waals surface area contributed by atoms with Crippen LogP contribution in [0, 0.1) is 0 Å². The van der Waals surface area contributed by atoms with Crippen molar-refractivity contribution in [2.45, 2.75) is 14.0 Å². The van der Waals surface area contributed by atoms with Crippen LogP contribution in [0.25, 0.3) is 10.4 Å². The standard InChI is InChI=1S/C9H12N4.CH4/c1-13(2)7-8-4-3-5-9(6-8)11-12-10;/h3-6H,7H2,1-2H3;1H4. The third-order valence-corrected chi connectivity index (χ3v) is 1.57. The summed E-state index contributed by atoms with van der Waals surface area (Å²) < 4.78 is 0. The number of nitrogens with zero attached hydrogens (tertiary/aromatic N) is 4. The van der Waals surface area contributed by atoms with Crippen molar-refractivity contribution < 1.29 is 0 Å². The van der Waals surface area contributed by atoms with Crippen LogP contribution in [0.15, 0.2) is 29.4 Å². The predicted molar refractivity (Wildman–Crippen MR) is 59.4 cm³/mol. The van der Waals surface area contributed by atoms with Crippen LogP contribution in [0.5, 0.6) is 0 Å². The molecule has 1 rings (SSSR count). The van der Waals surface area contributed by atoms with E-state index in [4.69, 9.17) is 5.53 Å². The second-order valence-electron chi connectivity index (χ2n) is 3.10. The third-order valence-electron chi connectivity index (χ3n) is 1.57. The van der Waals surface area contributed by atoms with Crippen molar-refractivity contribution in [1.82, 2.24) is 4.90 Å². The summed E-state index contributed by atoms with van der Waals surface area (Å²) in [5.74, 6) is 0. The zero-order chi connectivity index (χ0) is 9.68. The molecule has 0 unspecified atom stereocenters. The number of azide groups is 1. The zero-order valence-electron chi connectivity index (χ0n) is 7.81. The molecule has 0 heterocycles. The first-order valence-corrected chi connectivity index (χ1v) is 4.01. The number of hydrogen-bond acceptors (Lipinski definition) is 2. The van der Waals surface area contributed by atoms with Crippen LogP contribution in [0.4, 0.5) is 5.69 Å². The van der Waals surface area contributed by atoms with Crippen molar-refractivity contribution >= 4 is 5.69 Å². The highest BCUT2D eigenvalue weighted by Crippen LogP contribution is 2.14. The summed E-state index contributed by atoms with van der Waals surface area (Å²) in [6.45, 7) is 0.856. The second kappa shape index (κ2) is 6.02. The van der Waals surface area contributed by atoms with Crippen LogP contribution in [-0.2, 0) is 6.54 Å². The van der Waals surface area contributed by atoms with Gasteiger partial charge in [0.05, 0.1) is 0 Å². The maximum absolute atomic E-state index is 8.24. The van der Waals surface area contributed by atoms with Gasteiger partial charge in [-0.1, -0.05) is 30.7 Å². The molecule has 0 saturated carbocycles. The molecule has 4 heteroatoms. The van der Waals surface area contributed by atoms with E-state index in [1.165, 1.54) is 0 Å². The Morgan fingerprint density at radius 1 is 1.43 bits per heavy atom. The Labute approximate surface area is 84.8 Å². The Kier molecular flexibility index (Phi) is 5.37. The van der Waals surface area contributed by atoms with E-state index < -0.39 is 0 Å². The Balaban J connectivity index is 0.00000169. The molecule has 0 aliphatic heterocycles. The minimum absolute atomic E-state index is 0. The molecule has 0 radical (unpaired) electrons. The quantitative estimate of drug-likeness (QED) is 0.411. The van der Waals surface area contributed by atoms with Gasteiger partial charge in [-0.15, -0.1) is 0 Å². The van der Waals surface area contributed by atoms with Crippen molar-refractivity contribution in [3.63, 3.8) is 0 Å². The molecule has 0 aliphatic carbocycles. The molecule has 0 bridgehead atoms. The summed E-state index contributed by atoms with van der Waals surface area (Å²) in [6.07, 6.45) is 0. The molecule has 0 aliphatic rings. The summed E-state index contributed by atoms with van der Waals surface area (Å²) in [4.78, 5) is 4.80. The first kappa shape index (κ1) is 12.5. The van der Waals surface area contributed by atoms with Gasteiger partial charge >= 0.3 is 0 Å². The van der Waals surface area contributed by atoms with E-state index in [-0.39, 0.29) is 7.43 Å². The van der Waals surface area contributed by atoms with Crippen molar-refractivity contribution in [2.75, 3.05) is 14.1 Å². The summed E-state index contributed by atoms with van der Waals surface area (Å²) in [6, 6.07) is 7.58. The van der Waals surface area contributed by atoms with Crippen LogP contribution in [-0.4, -0.2) is 19.0 Å². The van der Waals surface area contributed by atoms with Crippen LogP contribution in [0.2, 0.25) is 0 Å². The largest absolute Gasteiger partial charge is 0.305 e. The SMILES string of the molecule is C.CN(C)Cc1cccc(N=[N+]=[N-])c1. The summed E-state index contributed by atoms with van der Waals surface area (Å²) in [5, 5.41) is 3.54. The molecule has 0 N–H and O–H groups in total. The van der Waals surface area contributed by atoms with E-state index in [0.717, 1.165) is 12.1 Å². The van der Waals surface area contributed by atoms with Gasteiger partial charge in [0.1, 0.15) is 0 Å². The molecule has 4 nitrogen and oxygen atoms in total. The lowest BCUT2D eigenvalue weighted by Crippen LogP contribution is -2.10. The number of benzene rings is 1. The number of rotatable bonds is 3. The van der Waals surface area contributed by atoms with Gasteiger partial charge in [0.2, 0.25) is 0 Å². The summed E-state index contributed by atoms with van der Waals surface area (Å²) in [7, 11) is 4.00. The fourth-order valence-corrected chi connectivity index (χ4v) is 1.13. The van der Waals surface area contributed by atoms with Gasteiger partial charge in [0, 0.05) is 17.1 Å². The highest BCUT2D eigenvalue weighted by Gasteiger charge is 1.95. The average Bonchev–Trinajstić information content (AvgIpc) is 2.04. The molecular formula is C10H16N4. The molecule has 76 valence electrons. The molecule has 1 aromatic rings. The van der Waals surface area contributed by atoms with Gasteiger partial charge in [-0.2, -0.15) is 0 Å². The van der Waals surface area contributed by atoms with Crippen LogP contribution >= 0.6 is 0 Å². The fourth-order valence-electron chi connectivity index (χ4n) is 1.13.